The number of carbonyl (C=O) groups excluding carboxylic acids is 1. The molecule has 6 nitrogen and oxygen atoms in total. The van der Waals surface area contributed by atoms with Gasteiger partial charge in [-0.3, -0.25) is 4.79 Å². The molecule has 1 aliphatic rings. The SMILES string of the molecule is CC=CCc1nc(CC2CCCCC2=O)nn1Cc1ccc(-c2ccccc2C(=O)O)cc1. The van der Waals surface area contributed by atoms with Crippen LogP contribution in [0.5, 0.6) is 0 Å². The number of benzene rings is 2. The first kappa shape index (κ1) is 22.6. The topological polar surface area (TPSA) is 85.1 Å². The number of allylic oxidation sites excluding steroid dienone is 2. The first-order valence-corrected chi connectivity index (χ1v) is 11.5. The smallest absolute Gasteiger partial charge is 0.336 e. The predicted octanol–water partition coefficient (Wildman–Crippen LogP) is 5.11. The lowest BCUT2D eigenvalue weighted by atomic mass is 9.85. The minimum Gasteiger partial charge on any atom is -0.478 e. The minimum atomic E-state index is -0.935. The number of carboxylic acid groups (broad SMARTS) is 1. The molecule has 0 saturated heterocycles. The molecule has 33 heavy (non-hydrogen) atoms. The molecule has 1 heterocycles. The Morgan fingerprint density at radius 2 is 1.94 bits per heavy atom. The van der Waals surface area contributed by atoms with Gasteiger partial charge in [0.1, 0.15) is 11.6 Å². The largest absolute Gasteiger partial charge is 0.478 e. The molecule has 0 bridgehead atoms. The van der Waals surface area contributed by atoms with Crippen molar-refractivity contribution in [3.05, 3.63) is 83.5 Å². The number of rotatable bonds is 8. The number of aromatic nitrogens is 3. The van der Waals surface area contributed by atoms with Gasteiger partial charge < -0.3 is 5.11 Å². The van der Waals surface area contributed by atoms with Crippen LogP contribution in [-0.4, -0.2) is 31.6 Å². The van der Waals surface area contributed by atoms with E-state index in [1.807, 2.05) is 54.1 Å². The van der Waals surface area contributed by atoms with Crippen LogP contribution >= 0.6 is 0 Å². The summed E-state index contributed by atoms with van der Waals surface area (Å²) < 4.78 is 1.92. The number of hydrogen-bond donors (Lipinski definition) is 1. The highest BCUT2D eigenvalue weighted by atomic mass is 16.4. The van der Waals surface area contributed by atoms with Gasteiger partial charge in [-0.05, 0) is 42.5 Å². The Morgan fingerprint density at radius 1 is 1.15 bits per heavy atom. The van der Waals surface area contributed by atoms with Crippen LogP contribution in [0.4, 0.5) is 0 Å². The van der Waals surface area contributed by atoms with Gasteiger partial charge in [-0.15, -0.1) is 0 Å². The Kier molecular flexibility index (Phi) is 7.13. The summed E-state index contributed by atoms with van der Waals surface area (Å²) in [7, 11) is 0. The standard InChI is InChI=1S/C27H29N3O3/c1-2-3-12-26-28-25(17-21-8-4-7-11-24(21)31)29-30(26)18-19-13-15-20(16-14-19)22-9-5-6-10-23(22)27(32)33/h2-3,5-6,9-10,13-16,21H,4,7-8,11-12,17-18H2,1H3,(H,32,33). The molecule has 0 radical (unpaired) electrons. The van der Waals surface area contributed by atoms with Gasteiger partial charge in [-0.1, -0.05) is 61.0 Å². The van der Waals surface area contributed by atoms with E-state index in [1.165, 1.54) is 0 Å². The maximum absolute atomic E-state index is 12.3. The summed E-state index contributed by atoms with van der Waals surface area (Å²) in [5.41, 5.74) is 2.90. The first-order chi connectivity index (χ1) is 16.0. The van der Waals surface area contributed by atoms with Crippen molar-refractivity contribution >= 4 is 11.8 Å². The molecule has 1 fully saturated rings. The third kappa shape index (κ3) is 5.45. The van der Waals surface area contributed by atoms with E-state index >= 15 is 0 Å². The number of carbonyl (C=O) groups is 2. The van der Waals surface area contributed by atoms with Crippen LogP contribution in [0, 0.1) is 5.92 Å². The number of nitrogens with zero attached hydrogens (tertiary/aromatic N) is 3. The quantitative estimate of drug-likeness (QED) is 0.489. The summed E-state index contributed by atoms with van der Waals surface area (Å²) in [6, 6.07) is 14.9. The van der Waals surface area contributed by atoms with Crippen molar-refractivity contribution in [2.24, 2.45) is 5.92 Å². The molecule has 1 aliphatic carbocycles. The fourth-order valence-corrected chi connectivity index (χ4v) is 4.39. The zero-order chi connectivity index (χ0) is 23.2. The normalized spacial score (nSPS) is 16.4. The molecule has 0 spiro atoms. The van der Waals surface area contributed by atoms with Crippen LogP contribution in [0.25, 0.3) is 11.1 Å². The van der Waals surface area contributed by atoms with E-state index in [9.17, 15) is 14.7 Å². The van der Waals surface area contributed by atoms with Crippen molar-refractivity contribution in [3.8, 4) is 11.1 Å². The lowest BCUT2D eigenvalue weighted by molar-refractivity contribution is -0.124. The van der Waals surface area contributed by atoms with Gasteiger partial charge >= 0.3 is 5.97 Å². The zero-order valence-corrected chi connectivity index (χ0v) is 18.9. The van der Waals surface area contributed by atoms with Crippen molar-refractivity contribution in [2.75, 3.05) is 0 Å². The minimum absolute atomic E-state index is 0.0396. The van der Waals surface area contributed by atoms with Crippen LogP contribution in [-0.2, 0) is 24.2 Å². The maximum atomic E-state index is 12.3. The van der Waals surface area contributed by atoms with Gasteiger partial charge in [-0.25, -0.2) is 14.5 Å². The van der Waals surface area contributed by atoms with E-state index in [1.54, 1.807) is 12.1 Å². The summed E-state index contributed by atoms with van der Waals surface area (Å²) in [6.45, 7) is 2.55. The number of hydrogen-bond acceptors (Lipinski definition) is 4. The molecule has 1 saturated carbocycles. The molecule has 6 heteroatoms. The average molecular weight is 444 g/mol. The van der Waals surface area contributed by atoms with Crippen LogP contribution in [0.1, 0.15) is 60.2 Å². The molecular weight excluding hydrogens is 414 g/mol. The molecule has 2 aromatic carbocycles. The lowest BCUT2D eigenvalue weighted by Gasteiger charge is -2.18. The highest BCUT2D eigenvalue weighted by Crippen LogP contribution is 2.25. The van der Waals surface area contributed by atoms with Crippen LogP contribution in [0.2, 0.25) is 0 Å². The molecule has 1 N–H and O–H groups in total. The third-order valence-electron chi connectivity index (χ3n) is 6.19. The summed E-state index contributed by atoms with van der Waals surface area (Å²) >= 11 is 0. The van der Waals surface area contributed by atoms with Crippen LogP contribution in [0.3, 0.4) is 0 Å². The molecule has 170 valence electrons. The van der Waals surface area contributed by atoms with Crippen LogP contribution in [0.15, 0.2) is 60.7 Å². The van der Waals surface area contributed by atoms with Gasteiger partial charge in [0.15, 0.2) is 5.82 Å². The van der Waals surface area contributed by atoms with E-state index in [0.717, 1.165) is 42.0 Å². The molecule has 1 aromatic heterocycles. The molecular formula is C27H29N3O3. The van der Waals surface area contributed by atoms with E-state index < -0.39 is 5.97 Å². The van der Waals surface area contributed by atoms with Crippen molar-refractivity contribution in [1.29, 1.82) is 0 Å². The molecule has 4 rings (SSSR count). The van der Waals surface area contributed by atoms with E-state index in [4.69, 9.17) is 10.1 Å². The van der Waals surface area contributed by atoms with Gasteiger partial charge in [0.25, 0.3) is 0 Å². The monoisotopic (exact) mass is 443 g/mol. The van der Waals surface area contributed by atoms with Crippen molar-refractivity contribution in [3.63, 3.8) is 0 Å². The van der Waals surface area contributed by atoms with E-state index in [-0.39, 0.29) is 11.5 Å². The molecule has 1 unspecified atom stereocenters. The number of aromatic carboxylic acids is 1. The fourth-order valence-electron chi connectivity index (χ4n) is 4.39. The van der Waals surface area contributed by atoms with E-state index in [0.29, 0.717) is 37.2 Å². The Labute approximate surface area is 194 Å². The van der Waals surface area contributed by atoms with Crippen molar-refractivity contribution < 1.29 is 14.7 Å². The first-order valence-electron chi connectivity index (χ1n) is 11.5. The highest BCUT2D eigenvalue weighted by Gasteiger charge is 2.24. The lowest BCUT2D eigenvalue weighted by Crippen LogP contribution is -2.21. The molecule has 3 aromatic rings. The maximum Gasteiger partial charge on any atom is 0.336 e. The second-order valence-electron chi connectivity index (χ2n) is 8.54. The third-order valence-corrected chi connectivity index (χ3v) is 6.19. The Bertz CT molecular complexity index is 1160. The van der Waals surface area contributed by atoms with Crippen LogP contribution < -0.4 is 0 Å². The average Bonchev–Trinajstić information content (AvgIpc) is 3.20. The van der Waals surface area contributed by atoms with Gasteiger partial charge in [0.2, 0.25) is 0 Å². The highest BCUT2D eigenvalue weighted by molar-refractivity contribution is 5.96. The summed E-state index contributed by atoms with van der Waals surface area (Å²) in [5, 5.41) is 14.2. The summed E-state index contributed by atoms with van der Waals surface area (Å²) in [4.78, 5) is 28.6. The Morgan fingerprint density at radius 3 is 2.67 bits per heavy atom. The Hall–Kier alpha value is -3.54. The van der Waals surface area contributed by atoms with Crippen molar-refractivity contribution in [2.45, 2.75) is 52.0 Å². The molecule has 1 atom stereocenters. The second kappa shape index (κ2) is 10.4. The summed E-state index contributed by atoms with van der Waals surface area (Å²) in [5.74, 6) is 1.06. The molecule has 0 aliphatic heterocycles. The number of ketones is 1. The number of Topliss-reactive ketones (excluding diaryl/α,β-unsaturated/α-hetero) is 1. The fraction of sp³-hybridized carbons (Fsp3) is 0.333. The second-order valence-corrected chi connectivity index (χ2v) is 8.54. The Balaban J connectivity index is 1.54. The molecule has 0 amide bonds. The van der Waals surface area contributed by atoms with Gasteiger partial charge in [0, 0.05) is 25.2 Å². The zero-order valence-electron chi connectivity index (χ0n) is 18.9. The van der Waals surface area contributed by atoms with E-state index in [2.05, 4.69) is 6.08 Å². The van der Waals surface area contributed by atoms with Gasteiger partial charge in [-0.2, -0.15) is 5.10 Å². The van der Waals surface area contributed by atoms with Crippen molar-refractivity contribution in [1.82, 2.24) is 14.8 Å². The van der Waals surface area contributed by atoms with Gasteiger partial charge in [0.05, 0.1) is 12.1 Å². The predicted molar refractivity (Wildman–Crippen MR) is 127 cm³/mol. The number of carboxylic acids is 1. The summed E-state index contributed by atoms with van der Waals surface area (Å²) in [6.07, 6.45) is 9.05.